The van der Waals surface area contributed by atoms with Crippen molar-refractivity contribution in [3.63, 3.8) is 0 Å². The molecule has 1 amide bonds. The number of carbonyl (C=O) groups excluding carboxylic acids is 2. The number of benzene rings is 1. The molecule has 1 atom stereocenters. The molecule has 0 fully saturated rings. The van der Waals surface area contributed by atoms with Gasteiger partial charge in [-0.2, -0.15) is 0 Å². The van der Waals surface area contributed by atoms with Crippen molar-refractivity contribution in [2.24, 2.45) is 19.8 Å². The van der Waals surface area contributed by atoms with E-state index in [1.807, 2.05) is 0 Å². The van der Waals surface area contributed by atoms with E-state index in [4.69, 9.17) is 11.5 Å². The summed E-state index contributed by atoms with van der Waals surface area (Å²) in [6.07, 6.45) is 0. The standard InChI is InChI=1S/C16H19N5O4/c1-8(19-10-6-4-5-9(7-10)14(18)23)12(22)11-13(17)20(2)16(25)21(3)15(11)24/h4-8,19H,17H2,1-3H3,(H2,18,23)/t8-/m0/s1. The molecule has 9 heteroatoms. The number of nitrogens with two attached hydrogens (primary N) is 2. The lowest BCUT2D eigenvalue weighted by Crippen LogP contribution is -2.43. The lowest BCUT2D eigenvalue weighted by Gasteiger charge is -2.17. The molecule has 0 saturated heterocycles. The lowest BCUT2D eigenvalue weighted by molar-refractivity contribution is 0.0972. The third-order valence-electron chi connectivity index (χ3n) is 3.88. The zero-order chi connectivity index (χ0) is 18.9. The first-order chi connectivity index (χ1) is 11.6. The highest BCUT2D eigenvalue weighted by atomic mass is 16.2. The van der Waals surface area contributed by atoms with E-state index >= 15 is 0 Å². The van der Waals surface area contributed by atoms with E-state index in [1.54, 1.807) is 25.1 Å². The zero-order valence-electron chi connectivity index (χ0n) is 14.1. The number of primary amides is 1. The molecule has 1 aromatic heterocycles. The summed E-state index contributed by atoms with van der Waals surface area (Å²) in [4.78, 5) is 48.0. The molecule has 0 unspecified atom stereocenters. The second-order valence-corrected chi connectivity index (χ2v) is 5.64. The van der Waals surface area contributed by atoms with Crippen LogP contribution in [-0.4, -0.2) is 26.9 Å². The number of aromatic nitrogens is 2. The van der Waals surface area contributed by atoms with Crippen LogP contribution in [0.25, 0.3) is 0 Å². The lowest BCUT2D eigenvalue weighted by atomic mass is 10.1. The summed E-state index contributed by atoms with van der Waals surface area (Å²) >= 11 is 0. The Morgan fingerprint density at radius 2 is 1.80 bits per heavy atom. The minimum atomic E-state index is -0.823. The molecule has 5 N–H and O–H groups in total. The molecule has 0 radical (unpaired) electrons. The van der Waals surface area contributed by atoms with Gasteiger partial charge >= 0.3 is 5.69 Å². The van der Waals surface area contributed by atoms with E-state index in [0.717, 1.165) is 9.13 Å². The molecule has 2 rings (SSSR count). The summed E-state index contributed by atoms with van der Waals surface area (Å²) < 4.78 is 1.86. The Hall–Kier alpha value is -3.36. The van der Waals surface area contributed by atoms with Crippen molar-refractivity contribution in [2.45, 2.75) is 13.0 Å². The molecule has 0 aliphatic carbocycles. The van der Waals surface area contributed by atoms with Crippen LogP contribution < -0.4 is 28.0 Å². The monoisotopic (exact) mass is 345 g/mol. The number of nitrogens with one attached hydrogen (secondary N) is 1. The van der Waals surface area contributed by atoms with E-state index in [1.165, 1.54) is 20.2 Å². The van der Waals surface area contributed by atoms with Gasteiger partial charge in [0.05, 0.1) is 6.04 Å². The summed E-state index contributed by atoms with van der Waals surface area (Å²) in [6, 6.07) is 5.47. The van der Waals surface area contributed by atoms with Crippen LogP contribution in [0.4, 0.5) is 11.5 Å². The molecule has 9 nitrogen and oxygen atoms in total. The van der Waals surface area contributed by atoms with Gasteiger partial charge < -0.3 is 16.8 Å². The van der Waals surface area contributed by atoms with E-state index in [9.17, 15) is 19.2 Å². The van der Waals surface area contributed by atoms with Crippen molar-refractivity contribution in [3.8, 4) is 0 Å². The van der Waals surface area contributed by atoms with E-state index in [-0.39, 0.29) is 16.9 Å². The van der Waals surface area contributed by atoms with Crippen LogP contribution in [-0.2, 0) is 14.1 Å². The zero-order valence-corrected chi connectivity index (χ0v) is 14.1. The maximum absolute atomic E-state index is 12.7. The Morgan fingerprint density at radius 1 is 1.16 bits per heavy atom. The smallest absolute Gasteiger partial charge is 0.332 e. The maximum atomic E-state index is 12.7. The van der Waals surface area contributed by atoms with Gasteiger partial charge in [0.2, 0.25) is 5.91 Å². The fourth-order valence-electron chi connectivity index (χ4n) is 2.39. The number of hydrogen-bond donors (Lipinski definition) is 3. The number of amides is 1. The molecular weight excluding hydrogens is 326 g/mol. The quantitative estimate of drug-likeness (QED) is 0.621. The molecule has 2 aromatic rings. The number of nitrogens with zero attached hydrogens (tertiary/aromatic N) is 2. The van der Waals surface area contributed by atoms with Gasteiger partial charge in [-0.3, -0.25) is 23.5 Å². The molecular formula is C16H19N5O4. The van der Waals surface area contributed by atoms with Gasteiger partial charge in [0.15, 0.2) is 5.78 Å². The van der Waals surface area contributed by atoms with Crippen LogP contribution in [0.15, 0.2) is 33.9 Å². The van der Waals surface area contributed by atoms with Crippen molar-refractivity contribution >= 4 is 23.2 Å². The van der Waals surface area contributed by atoms with E-state index < -0.39 is 29.0 Å². The Balaban J connectivity index is 2.39. The first kappa shape index (κ1) is 18.0. The van der Waals surface area contributed by atoms with Crippen LogP contribution >= 0.6 is 0 Å². The fraction of sp³-hybridized carbons (Fsp3) is 0.250. The number of hydrogen-bond acceptors (Lipinski definition) is 6. The largest absolute Gasteiger partial charge is 0.384 e. The van der Waals surface area contributed by atoms with Gasteiger partial charge in [0, 0.05) is 25.3 Å². The number of Topliss-reactive ketones (excluding diaryl/α,β-unsaturated/α-hetero) is 1. The fourth-order valence-corrected chi connectivity index (χ4v) is 2.39. The Labute approximate surface area is 142 Å². The Bertz CT molecular complexity index is 973. The summed E-state index contributed by atoms with van der Waals surface area (Å²) in [5.41, 5.74) is 10.1. The van der Waals surface area contributed by atoms with Crippen molar-refractivity contribution in [3.05, 3.63) is 56.2 Å². The van der Waals surface area contributed by atoms with Gasteiger partial charge in [-0.1, -0.05) is 6.07 Å². The van der Waals surface area contributed by atoms with Crippen LogP contribution in [0.1, 0.15) is 27.6 Å². The summed E-state index contributed by atoms with van der Waals surface area (Å²) in [5.74, 6) is -1.37. The molecule has 0 bridgehead atoms. The number of nitrogen functional groups attached to an aromatic ring is 1. The van der Waals surface area contributed by atoms with Crippen LogP contribution in [0.2, 0.25) is 0 Å². The third kappa shape index (κ3) is 3.30. The molecule has 1 aromatic carbocycles. The van der Waals surface area contributed by atoms with Crippen molar-refractivity contribution in [1.82, 2.24) is 9.13 Å². The van der Waals surface area contributed by atoms with Crippen molar-refractivity contribution < 1.29 is 9.59 Å². The van der Waals surface area contributed by atoms with Crippen molar-refractivity contribution in [1.29, 1.82) is 0 Å². The van der Waals surface area contributed by atoms with Crippen LogP contribution in [0, 0.1) is 0 Å². The van der Waals surface area contributed by atoms with Gasteiger partial charge in [0.25, 0.3) is 5.56 Å². The van der Waals surface area contributed by atoms with Crippen LogP contribution in [0.3, 0.4) is 0 Å². The summed E-state index contributed by atoms with van der Waals surface area (Å²) in [6.45, 7) is 1.54. The molecule has 0 aliphatic heterocycles. The molecule has 0 spiro atoms. The number of rotatable bonds is 5. The Kier molecular flexibility index (Phi) is 4.77. The van der Waals surface area contributed by atoms with E-state index in [2.05, 4.69) is 5.32 Å². The Morgan fingerprint density at radius 3 is 2.40 bits per heavy atom. The van der Waals surface area contributed by atoms with Crippen LogP contribution in [0.5, 0.6) is 0 Å². The topological polar surface area (TPSA) is 142 Å². The first-order valence-electron chi connectivity index (χ1n) is 7.41. The minimum Gasteiger partial charge on any atom is -0.384 e. The molecule has 0 aliphatic rings. The predicted octanol–water partition coefficient (Wildman–Crippen LogP) is -0.552. The average molecular weight is 345 g/mol. The first-order valence-corrected chi connectivity index (χ1v) is 7.41. The maximum Gasteiger partial charge on any atom is 0.332 e. The highest BCUT2D eigenvalue weighted by Crippen LogP contribution is 2.14. The highest BCUT2D eigenvalue weighted by molar-refractivity contribution is 6.04. The van der Waals surface area contributed by atoms with Gasteiger partial charge in [-0.05, 0) is 25.1 Å². The number of ketones is 1. The second kappa shape index (κ2) is 6.63. The molecule has 1 heterocycles. The second-order valence-electron chi connectivity index (χ2n) is 5.64. The third-order valence-corrected chi connectivity index (χ3v) is 3.88. The minimum absolute atomic E-state index is 0.197. The molecule has 132 valence electrons. The van der Waals surface area contributed by atoms with Gasteiger partial charge in [0.1, 0.15) is 11.4 Å². The van der Waals surface area contributed by atoms with Gasteiger partial charge in [-0.25, -0.2) is 4.79 Å². The van der Waals surface area contributed by atoms with E-state index in [0.29, 0.717) is 5.69 Å². The molecule has 0 saturated carbocycles. The van der Waals surface area contributed by atoms with Gasteiger partial charge in [-0.15, -0.1) is 0 Å². The number of carbonyl (C=O) groups is 2. The predicted molar refractivity (Wildman–Crippen MR) is 93.7 cm³/mol. The SMILES string of the molecule is C[C@H](Nc1cccc(C(N)=O)c1)C(=O)c1c(N)n(C)c(=O)n(C)c1=O. The average Bonchev–Trinajstić information content (AvgIpc) is 2.58. The highest BCUT2D eigenvalue weighted by Gasteiger charge is 2.24. The summed E-state index contributed by atoms with van der Waals surface area (Å²) in [7, 11) is 2.65. The number of anilines is 2. The molecule has 25 heavy (non-hydrogen) atoms. The summed E-state index contributed by atoms with van der Waals surface area (Å²) in [5, 5.41) is 2.89. The van der Waals surface area contributed by atoms with Crippen molar-refractivity contribution in [2.75, 3.05) is 11.1 Å². The normalized spacial score (nSPS) is 11.8.